The van der Waals surface area contributed by atoms with Gasteiger partial charge in [0.2, 0.25) is 5.91 Å². The summed E-state index contributed by atoms with van der Waals surface area (Å²) in [5, 5.41) is 0. The maximum atomic E-state index is 11.3. The summed E-state index contributed by atoms with van der Waals surface area (Å²) in [6.07, 6.45) is 0. The van der Waals surface area contributed by atoms with E-state index in [1.54, 1.807) is 0 Å². The van der Waals surface area contributed by atoms with Crippen LogP contribution >= 0.6 is 38.5 Å². The molecule has 1 fully saturated rings. The average Bonchev–Trinajstić information content (AvgIpc) is 2.29. The lowest BCUT2D eigenvalue weighted by Gasteiger charge is -2.38. The minimum Gasteiger partial charge on any atom is -0.493 e. The first-order valence-corrected chi connectivity index (χ1v) is 7.73. The fourth-order valence-electron chi connectivity index (χ4n) is 1.71. The van der Waals surface area contributed by atoms with E-state index in [0.717, 1.165) is 23.3 Å². The van der Waals surface area contributed by atoms with Crippen LogP contribution in [0.4, 0.5) is 0 Å². The largest absolute Gasteiger partial charge is 0.493 e. The molecule has 1 saturated heterocycles. The Hall–Kier alpha value is -0.300. The molecule has 0 N–H and O–H groups in total. The molecule has 0 radical (unpaired) electrons. The minimum atomic E-state index is 0.227. The first-order chi connectivity index (χ1) is 8.19. The van der Waals surface area contributed by atoms with Gasteiger partial charge in [0.05, 0.1) is 11.0 Å². The molecule has 1 heterocycles. The summed E-state index contributed by atoms with van der Waals surface area (Å²) >= 11 is 5.48. The zero-order valence-corrected chi connectivity index (χ0v) is 13.0. The monoisotopic (exact) mass is 409 g/mol. The van der Waals surface area contributed by atoms with Crippen LogP contribution in [0.25, 0.3) is 0 Å². The van der Waals surface area contributed by atoms with Gasteiger partial charge in [0.15, 0.2) is 0 Å². The topological polar surface area (TPSA) is 29.5 Å². The molecule has 92 valence electrons. The molecule has 0 aliphatic carbocycles. The second kappa shape index (κ2) is 6.04. The van der Waals surface area contributed by atoms with Crippen LogP contribution in [-0.4, -0.2) is 34.9 Å². The van der Waals surface area contributed by atoms with Crippen molar-refractivity contribution in [3.8, 4) is 5.75 Å². The predicted molar refractivity (Wildman–Crippen MR) is 78.6 cm³/mol. The fraction of sp³-hybridized carbons (Fsp3) is 0.417. The van der Waals surface area contributed by atoms with Crippen molar-refractivity contribution in [3.63, 3.8) is 0 Å². The molecular weight excluding hydrogens is 397 g/mol. The van der Waals surface area contributed by atoms with E-state index in [9.17, 15) is 4.79 Å². The highest BCUT2D eigenvalue weighted by Gasteiger charge is 2.30. The van der Waals surface area contributed by atoms with Crippen molar-refractivity contribution < 1.29 is 9.53 Å². The number of hydrogen-bond donors (Lipinski definition) is 0. The van der Waals surface area contributed by atoms with Crippen molar-refractivity contribution in [2.45, 2.75) is 0 Å². The Labute approximate surface area is 123 Å². The SMILES string of the molecule is O=C(CI)N1CC(COc2ccc(Br)cc2)C1. The normalized spacial score (nSPS) is 15.5. The quantitative estimate of drug-likeness (QED) is 0.565. The highest BCUT2D eigenvalue weighted by atomic mass is 127. The lowest BCUT2D eigenvalue weighted by atomic mass is 10.0. The van der Waals surface area contributed by atoms with Gasteiger partial charge in [-0.3, -0.25) is 4.79 Å². The number of rotatable bonds is 4. The molecule has 0 spiro atoms. The van der Waals surface area contributed by atoms with Gasteiger partial charge in [0.1, 0.15) is 5.75 Å². The first kappa shape index (κ1) is 13.1. The zero-order valence-electron chi connectivity index (χ0n) is 9.23. The number of ether oxygens (including phenoxy) is 1. The van der Waals surface area contributed by atoms with Crippen molar-refractivity contribution in [3.05, 3.63) is 28.7 Å². The van der Waals surface area contributed by atoms with Gasteiger partial charge in [-0.1, -0.05) is 38.5 Å². The third-order valence-electron chi connectivity index (χ3n) is 2.72. The van der Waals surface area contributed by atoms with Gasteiger partial charge in [0, 0.05) is 23.5 Å². The molecule has 1 amide bonds. The van der Waals surface area contributed by atoms with E-state index in [0.29, 0.717) is 17.0 Å². The molecule has 0 bridgehead atoms. The van der Waals surface area contributed by atoms with Crippen molar-refractivity contribution in [2.24, 2.45) is 5.92 Å². The second-order valence-electron chi connectivity index (χ2n) is 4.06. The number of hydrogen-bond acceptors (Lipinski definition) is 2. The van der Waals surface area contributed by atoms with Crippen LogP contribution in [0.1, 0.15) is 0 Å². The standard InChI is InChI=1S/C12H13BrINO2/c13-10-1-3-11(4-2-10)17-8-9-6-15(7-9)12(16)5-14/h1-4,9H,5-8H2. The third kappa shape index (κ3) is 3.58. The predicted octanol–water partition coefficient (Wildman–Crippen LogP) is 2.72. The van der Waals surface area contributed by atoms with Crippen LogP contribution in [0.2, 0.25) is 0 Å². The van der Waals surface area contributed by atoms with Crippen LogP contribution < -0.4 is 4.74 Å². The van der Waals surface area contributed by atoms with Crippen LogP contribution in [0.3, 0.4) is 0 Å². The van der Waals surface area contributed by atoms with E-state index in [-0.39, 0.29) is 5.91 Å². The molecule has 1 aromatic rings. The van der Waals surface area contributed by atoms with E-state index in [1.165, 1.54) is 0 Å². The molecule has 3 nitrogen and oxygen atoms in total. The van der Waals surface area contributed by atoms with Gasteiger partial charge in [-0.05, 0) is 24.3 Å². The van der Waals surface area contributed by atoms with Gasteiger partial charge in [-0.15, -0.1) is 0 Å². The van der Waals surface area contributed by atoms with Crippen molar-refractivity contribution >= 4 is 44.4 Å². The van der Waals surface area contributed by atoms with E-state index < -0.39 is 0 Å². The van der Waals surface area contributed by atoms with Crippen molar-refractivity contribution in [2.75, 3.05) is 24.1 Å². The molecular formula is C12H13BrINO2. The van der Waals surface area contributed by atoms with E-state index >= 15 is 0 Å². The molecule has 17 heavy (non-hydrogen) atoms. The van der Waals surface area contributed by atoms with Crippen molar-refractivity contribution in [1.82, 2.24) is 4.90 Å². The molecule has 0 saturated carbocycles. The molecule has 0 atom stereocenters. The summed E-state index contributed by atoms with van der Waals surface area (Å²) in [4.78, 5) is 13.2. The van der Waals surface area contributed by atoms with Crippen LogP contribution in [0, 0.1) is 5.92 Å². The highest BCUT2D eigenvalue weighted by Crippen LogP contribution is 2.20. The van der Waals surface area contributed by atoms with Crippen LogP contribution in [0.15, 0.2) is 28.7 Å². The maximum absolute atomic E-state index is 11.3. The summed E-state index contributed by atoms with van der Waals surface area (Å²) in [6, 6.07) is 7.80. The third-order valence-corrected chi connectivity index (χ3v) is 3.90. The number of carbonyl (C=O) groups excluding carboxylic acids is 1. The average molecular weight is 410 g/mol. The summed E-state index contributed by atoms with van der Waals surface area (Å²) in [6.45, 7) is 2.35. The molecule has 0 aromatic heterocycles. The number of likely N-dealkylation sites (tertiary alicyclic amines) is 1. The highest BCUT2D eigenvalue weighted by molar-refractivity contribution is 14.1. The summed E-state index contributed by atoms with van der Waals surface area (Å²) in [7, 11) is 0. The maximum Gasteiger partial charge on any atom is 0.232 e. The number of halogens is 2. The van der Waals surface area contributed by atoms with E-state index in [1.807, 2.05) is 29.2 Å². The lowest BCUT2D eigenvalue weighted by molar-refractivity contribution is -0.134. The van der Waals surface area contributed by atoms with Crippen LogP contribution in [-0.2, 0) is 4.79 Å². The molecule has 5 heteroatoms. The Morgan fingerprint density at radius 1 is 1.41 bits per heavy atom. The number of benzene rings is 1. The summed E-state index contributed by atoms with van der Waals surface area (Å²) in [5.41, 5.74) is 0. The second-order valence-corrected chi connectivity index (χ2v) is 5.74. The number of nitrogens with zero attached hydrogens (tertiary/aromatic N) is 1. The number of alkyl halides is 1. The Morgan fingerprint density at radius 2 is 2.06 bits per heavy atom. The Kier molecular flexibility index (Phi) is 4.67. The molecule has 1 aliphatic heterocycles. The van der Waals surface area contributed by atoms with Crippen molar-refractivity contribution in [1.29, 1.82) is 0 Å². The van der Waals surface area contributed by atoms with Gasteiger partial charge < -0.3 is 9.64 Å². The smallest absolute Gasteiger partial charge is 0.232 e. The van der Waals surface area contributed by atoms with E-state index in [4.69, 9.17) is 4.74 Å². The zero-order chi connectivity index (χ0) is 12.3. The van der Waals surface area contributed by atoms with Gasteiger partial charge in [-0.25, -0.2) is 0 Å². The summed E-state index contributed by atoms with van der Waals surface area (Å²) in [5.74, 6) is 1.59. The Bertz CT molecular complexity index is 390. The number of amides is 1. The molecule has 1 aromatic carbocycles. The Balaban J connectivity index is 1.71. The Morgan fingerprint density at radius 3 is 2.65 bits per heavy atom. The minimum absolute atomic E-state index is 0.227. The molecule has 2 rings (SSSR count). The van der Waals surface area contributed by atoms with E-state index in [2.05, 4.69) is 38.5 Å². The van der Waals surface area contributed by atoms with Gasteiger partial charge >= 0.3 is 0 Å². The molecule has 0 unspecified atom stereocenters. The van der Waals surface area contributed by atoms with Crippen LogP contribution in [0.5, 0.6) is 5.75 Å². The van der Waals surface area contributed by atoms with Gasteiger partial charge in [0.25, 0.3) is 0 Å². The lowest BCUT2D eigenvalue weighted by Crippen LogP contribution is -2.52. The fourth-order valence-corrected chi connectivity index (χ4v) is 2.46. The number of carbonyl (C=O) groups is 1. The molecule has 1 aliphatic rings. The van der Waals surface area contributed by atoms with Gasteiger partial charge in [-0.2, -0.15) is 0 Å². The first-order valence-electron chi connectivity index (χ1n) is 5.41. The summed E-state index contributed by atoms with van der Waals surface area (Å²) < 4.78 is 7.28.